The first-order valence-electron chi connectivity index (χ1n) is 11.4. The van der Waals surface area contributed by atoms with Crippen molar-refractivity contribution in [1.82, 2.24) is 0 Å². The van der Waals surface area contributed by atoms with E-state index in [2.05, 4.69) is 0 Å². The van der Waals surface area contributed by atoms with Gasteiger partial charge in [-0.2, -0.15) is 0 Å². The average molecular weight is 477 g/mol. The third-order valence-electron chi connectivity index (χ3n) is 4.66. The van der Waals surface area contributed by atoms with Crippen molar-refractivity contribution in [2.24, 2.45) is 0 Å². The molecular formula is C25H32O9. The van der Waals surface area contributed by atoms with E-state index in [0.717, 1.165) is 6.29 Å². The smallest absolute Gasteiger partial charge is 0.189 e. The van der Waals surface area contributed by atoms with Crippen molar-refractivity contribution in [2.75, 3.05) is 72.9 Å². The van der Waals surface area contributed by atoms with Crippen LogP contribution in [0.4, 0.5) is 0 Å². The molecule has 0 amide bonds. The molecular weight excluding hydrogens is 444 g/mol. The molecule has 9 nitrogen and oxygen atoms in total. The Hall–Kier alpha value is -2.85. The summed E-state index contributed by atoms with van der Waals surface area (Å²) in [5, 5.41) is 0. The summed E-state index contributed by atoms with van der Waals surface area (Å²) in [6.07, 6.45) is 1.47. The molecule has 1 aliphatic heterocycles. The van der Waals surface area contributed by atoms with E-state index < -0.39 is 0 Å². The van der Waals surface area contributed by atoms with Gasteiger partial charge in [0.2, 0.25) is 0 Å². The second-order valence-corrected chi connectivity index (χ2v) is 7.18. The lowest BCUT2D eigenvalue weighted by Gasteiger charge is -2.14. The Bertz CT molecular complexity index is 843. The highest BCUT2D eigenvalue weighted by molar-refractivity contribution is 5.76. The van der Waals surface area contributed by atoms with Gasteiger partial charge in [-0.3, -0.25) is 4.79 Å². The number of para-hydroxylation sites is 2. The number of carbonyl (C=O) groups is 1. The number of aldehydes is 1. The Morgan fingerprint density at radius 2 is 1.06 bits per heavy atom. The second kappa shape index (κ2) is 15.9. The van der Waals surface area contributed by atoms with Crippen LogP contribution in [0.5, 0.6) is 23.0 Å². The fraction of sp³-hybridized carbons (Fsp3) is 0.480. The van der Waals surface area contributed by atoms with Crippen LogP contribution in [0.2, 0.25) is 0 Å². The summed E-state index contributed by atoms with van der Waals surface area (Å²) < 4.78 is 45.2. The molecule has 1 aliphatic rings. The Labute approximate surface area is 199 Å². The number of hydrogen-bond donors (Lipinski definition) is 0. The highest BCUT2D eigenvalue weighted by Gasteiger charge is 2.08. The van der Waals surface area contributed by atoms with Crippen molar-refractivity contribution in [1.29, 1.82) is 0 Å². The summed E-state index contributed by atoms with van der Waals surface area (Å²) >= 11 is 0. The maximum absolute atomic E-state index is 11.1. The summed E-state index contributed by atoms with van der Waals surface area (Å²) in [5.41, 5.74) is 0.497. The van der Waals surface area contributed by atoms with E-state index in [4.69, 9.17) is 37.9 Å². The molecule has 0 radical (unpaired) electrons. The fourth-order valence-electron chi connectivity index (χ4n) is 3.00. The van der Waals surface area contributed by atoms with E-state index in [1.807, 2.05) is 24.3 Å². The standard InChI is InChI=1S/C25H32O9/c26-19-21-6-7-24-25(18-21)33-17-14-29-11-10-28-13-16-32-23-5-2-1-4-22(23)31-15-12-27-8-3-9-30-20-34-24/h1-2,4-7,18-19H,3,8-17,20H2. The molecule has 2 aromatic rings. The van der Waals surface area contributed by atoms with Crippen molar-refractivity contribution in [3.63, 3.8) is 0 Å². The van der Waals surface area contributed by atoms with Crippen LogP contribution in [0.15, 0.2) is 42.5 Å². The minimum atomic E-state index is 0.0600. The third-order valence-corrected chi connectivity index (χ3v) is 4.66. The number of rotatable bonds is 1. The Kier molecular flexibility index (Phi) is 12.0. The largest absolute Gasteiger partial charge is 0.487 e. The Balaban J connectivity index is 1.48. The van der Waals surface area contributed by atoms with Gasteiger partial charge in [0.15, 0.2) is 29.8 Å². The van der Waals surface area contributed by atoms with Gasteiger partial charge < -0.3 is 37.9 Å². The van der Waals surface area contributed by atoms with Crippen molar-refractivity contribution in [3.8, 4) is 23.0 Å². The van der Waals surface area contributed by atoms with Gasteiger partial charge in [-0.15, -0.1) is 0 Å². The van der Waals surface area contributed by atoms with Gasteiger partial charge in [-0.05, 0) is 36.8 Å². The van der Waals surface area contributed by atoms with Gasteiger partial charge in [0, 0.05) is 12.2 Å². The second-order valence-electron chi connectivity index (χ2n) is 7.18. The maximum atomic E-state index is 11.1. The van der Waals surface area contributed by atoms with E-state index in [1.54, 1.807) is 18.2 Å². The van der Waals surface area contributed by atoms with Crippen molar-refractivity contribution in [2.45, 2.75) is 6.42 Å². The molecule has 0 saturated heterocycles. The quantitative estimate of drug-likeness (QED) is 0.576. The van der Waals surface area contributed by atoms with Crippen LogP contribution >= 0.6 is 0 Å². The number of benzene rings is 2. The van der Waals surface area contributed by atoms with Crippen LogP contribution in [0.3, 0.4) is 0 Å². The van der Waals surface area contributed by atoms with Crippen LogP contribution in [-0.2, 0) is 18.9 Å². The number of hydrogen-bond acceptors (Lipinski definition) is 9. The highest BCUT2D eigenvalue weighted by atomic mass is 16.7. The molecule has 0 unspecified atom stereocenters. The van der Waals surface area contributed by atoms with Crippen molar-refractivity contribution < 1.29 is 42.7 Å². The van der Waals surface area contributed by atoms with Crippen LogP contribution < -0.4 is 18.9 Å². The predicted octanol–water partition coefficient (Wildman–Crippen LogP) is 3.14. The molecule has 0 atom stereocenters. The average Bonchev–Trinajstić information content (AvgIpc) is 2.87. The fourth-order valence-corrected chi connectivity index (χ4v) is 3.00. The SMILES string of the molecule is O=Cc1ccc2c(c1)OCCOCCOCCOc1ccccc1OCCOCCCOCO2. The van der Waals surface area contributed by atoms with Gasteiger partial charge in [-0.1, -0.05) is 12.1 Å². The van der Waals surface area contributed by atoms with E-state index in [9.17, 15) is 4.79 Å². The molecule has 9 heteroatoms. The molecule has 0 spiro atoms. The zero-order valence-electron chi connectivity index (χ0n) is 19.3. The third kappa shape index (κ3) is 9.56. The van der Waals surface area contributed by atoms with Crippen LogP contribution in [0.25, 0.3) is 0 Å². The zero-order valence-corrected chi connectivity index (χ0v) is 19.3. The lowest BCUT2D eigenvalue weighted by Crippen LogP contribution is -2.14. The van der Waals surface area contributed by atoms with Crippen LogP contribution in [0, 0.1) is 0 Å². The van der Waals surface area contributed by atoms with E-state index in [1.165, 1.54) is 0 Å². The van der Waals surface area contributed by atoms with Crippen LogP contribution in [-0.4, -0.2) is 79.1 Å². The molecule has 0 aromatic heterocycles. The van der Waals surface area contributed by atoms with Crippen LogP contribution in [0.1, 0.15) is 16.8 Å². The molecule has 0 saturated carbocycles. The lowest BCUT2D eigenvalue weighted by atomic mass is 10.2. The van der Waals surface area contributed by atoms with Crippen molar-refractivity contribution in [3.05, 3.63) is 48.0 Å². The van der Waals surface area contributed by atoms with E-state index in [-0.39, 0.29) is 6.79 Å². The minimum absolute atomic E-state index is 0.0600. The van der Waals surface area contributed by atoms with Gasteiger partial charge >= 0.3 is 0 Å². The summed E-state index contributed by atoms with van der Waals surface area (Å²) in [5.74, 6) is 2.30. The molecule has 2 aromatic carbocycles. The Morgan fingerprint density at radius 3 is 1.71 bits per heavy atom. The van der Waals surface area contributed by atoms with Gasteiger partial charge in [-0.25, -0.2) is 0 Å². The van der Waals surface area contributed by atoms with E-state index >= 15 is 0 Å². The normalized spacial score (nSPS) is 17.8. The molecule has 0 N–H and O–H groups in total. The molecule has 34 heavy (non-hydrogen) atoms. The van der Waals surface area contributed by atoms with E-state index in [0.29, 0.717) is 101 Å². The highest BCUT2D eigenvalue weighted by Crippen LogP contribution is 2.28. The minimum Gasteiger partial charge on any atom is -0.487 e. The first-order chi connectivity index (χ1) is 16.9. The zero-order chi connectivity index (χ0) is 23.7. The molecule has 3 rings (SSSR count). The Morgan fingerprint density at radius 1 is 0.529 bits per heavy atom. The lowest BCUT2D eigenvalue weighted by molar-refractivity contribution is -0.000410. The molecule has 0 aliphatic carbocycles. The monoisotopic (exact) mass is 476 g/mol. The first kappa shape index (κ1) is 25.8. The number of fused-ring (bicyclic) bond motifs is 2. The summed E-state index contributed by atoms with van der Waals surface area (Å²) in [7, 11) is 0. The van der Waals surface area contributed by atoms with Crippen molar-refractivity contribution >= 4 is 6.29 Å². The van der Waals surface area contributed by atoms with Gasteiger partial charge in [0.1, 0.15) is 26.1 Å². The molecule has 186 valence electrons. The predicted molar refractivity (Wildman–Crippen MR) is 123 cm³/mol. The first-order valence-corrected chi connectivity index (χ1v) is 11.4. The number of ether oxygens (including phenoxy) is 8. The summed E-state index contributed by atoms with van der Waals surface area (Å²) in [6.45, 7) is 4.31. The topological polar surface area (TPSA) is 90.9 Å². The molecule has 0 fully saturated rings. The van der Waals surface area contributed by atoms with Gasteiger partial charge in [0.05, 0.1) is 39.6 Å². The summed E-state index contributed by atoms with van der Waals surface area (Å²) in [4.78, 5) is 11.1. The summed E-state index contributed by atoms with van der Waals surface area (Å²) in [6, 6.07) is 12.5. The van der Waals surface area contributed by atoms with Gasteiger partial charge in [0.25, 0.3) is 0 Å². The maximum Gasteiger partial charge on any atom is 0.189 e. The molecule has 0 bridgehead atoms. The molecule has 1 heterocycles. The number of carbonyl (C=O) groups excluding carboxylic acids is 1.